The van der Waals surface area contributed by atoms with Crippen molar-refractivity contribution in [3.8, 4) is 0 Å². The van der Waals surface area contributed by atoms with Crippen LogP contribution in [0.4, 0.5) is 4.79 Å². The number of rotatable bonds is 4. The lowest BCUT2D eigenvalue weighted by Crippen LogP contribution is -2.45. The van der Waals surface area contributed by atoms with Gasteiger partial charge in [0.1, 0.15) is 0 Å². The van der Waals surface area contributed by atoms with Crippen LogP contribution in [0.3, 0.4) is 0 Å². The van der Waals surface area contributed by atoms with Crippen LogP contribution in [0, 0.1) is 5.92 Å². The molecule has 2 atom stereocenters. The summed E-state index contributed by atoms with van der Waals surface area (Å²) >= 11 is 0. The Balaban J connectivity index is 2.19. The minimum absolute atomic E-state index is 0.0337. The molecule has 4 nitrogen and oxygen atoms in total. The van der Waals surface area contributed by atoms with Crippen molar-refractivity contribution in [1.82, 2.24) is 5.32 Å². The molecule has 1 saturated carbocycles. The Bertz CT molecular complexity index is 168. The molecule has 0 radical (unpaired) electrons. The standard InChI is InChI=1S/C8H16N2O2/c1-5(10-8(11)12)7(9)4-6-2-3-6/h5-7,10H,2-4,9H2,1H3,(H,11,12)/t5-,7+/m0/s1. The van der Waals surface area contributed by atoms with Crippen molar-refractivity contribution in [1.29, 1.82) is 0 Å². The van der Waals surface area contributed by atoms with Gasteiger partial charge in [-0.2, -0.15) is 0 Å². The Labute approximate surface area is 72.1 Å². The number of amides is 1. The van der Waals surface area contributed by atoms with Crippen molar-refractivity contribution in [2.24, 2.45) is 11.7 Å². The lowest BCUT2D eigenvalue weighted by molar-refractivity contribution is 0.188. The van der Waals surface area contributed by atoms with Crippen LogP contribution in [0.2, 0.25) is 0 Å². The second-order valence-electron chi connectivity index (χ2n) is 3.58. The molecule has 12 heavy (non-hydrogen) atoms. The SMILES string of the molecule is C[C@H](NC(=O)O)[C@H](N)CC1CC1. The fourth-order valence-electron chi connectivity index (χ4n) is 1.24. The quantitative estimate of drug-likeness (QED) is 0.586. The molecule has 0 aliphatic heterocycles. The third kappa shape index (κ3) is 3.09. The molecule has 4 N–H and O–H groups in total. The molecule has 1 aliphatic rings. The van der Waals surface area contributed by atoms with Crippen molar-refractivity contribution in [3.05, 3.63) is 0 Å². The van der Waals surface area contributed by atoms with Gasteiger partial charge < -0.3 is 16.2 Å². The molecule has 0 aromatic heterocycles. The topological polar surface area (TPSA) is 75.3 Å². The summed E-state index contributed by atoms with van der Waals surface area (Å²) in [5, 5.41) is 10.8. The Kier molecular flexibility index (Phi) is 2.92. The molecule has 0 unspecified atom stereocenters. The van der Waals surface area contributed by atoms with E-state index in [1.165, 1.54) is 12.8 Å². The van der Waals surface area contributed by atoms with Crippen molar-refractivity contribution >= 4 is 6.09 Å². The molecule has 4 heteroatoms. The predicted octanol–water partition coefficient (Wildman–Crippen LogP) is 0.770. The molecule has 0 bridgehead atoms. The predicted molar refractivity (Wildman–Crippen MR) is 45.9 cm³/mol. The van der Waals surface area contributed by atoms with Gasteiger partial charge in [-0.05, 0) is 19.3 Å². The van der Waals surface area contributed by atoms with E-state index in [-0.39, 0.29) is 12.1 Å². The zero-order valence-corrected chi connectivity index (χ0v) is 7.29. The first-order valence-electron chi connectivity index (χ1n) is 4.34. The van der Waals surface area contributed by atoms with Crippen molar-refractivity contribution in [2.75, 3.05) is 0 Å². The average molecular weight is 172 g/mol. The summed E-state index contributed by atoms with van der Waals surface area (Å²) < 4.78 is 0. The van der Waals surface area contributed by atoms with Crippen LogP contribution in [0.1, 0.15) is 26.2 Å². The van der Waals surface area contributed by atoms with Gasteiger partial charge in [0.15, 0.2) is 0 Å². The number of hydrogen-bond donors (Lipinski definition) is 3. The highest BCUT2D eigenvalue weighted by Gasteiger charge is 2.26. The second-order valence-corrected chi connectivity index (χ2v) is 3.58. The summed E-state index contributed by atoms with van der Waals surface area (Å²) in [6, 6.07) is -0.170. The Morgan fingerprint density at radius 3 is 2.75 bits per heavy atom. The highest BCUT2D eigenvalue weighted by atomic mass is 16.4. The van der Waals surface area contributed by atoms with Gasteiger partial charge in [-0.3, -0.25) is 0 Å². The first-order chi connectivity index (χ1) is 5.59. The summed E-state index contributed by atoms with van der Waals surface area (Å²) in [5.74, 6) is 0.748. The fraction of sp³-hybridized carbons (Fsp3) is 0.875. The van der Waals surface area contributed by atoms with Crippen LogP contribution in [-0.4, -0.2) is 23.3 Å². The van der Waals surface area contributed by atoms with Gasteiger partial charge >= 0.3 is 6.09 Å². The van der Waals surface area contributed by atoms with Gasteiger partial charge in [-0.25, -0.2) is 4.79 Å². The van der Waals surface area contributed by atoms with E-state index in [0.717, 1.165) is 12.3 Å². The molecule has 0 aromatic carbocycles. The van der Waals surface area contributed by atoms with Gasteiger partial charge in [0.25, 0.3) is 0 Å². The number of hydrogen-bond acceptors (Lipinski definition) is 2. The molecular weight excluding hydrogens is 156 g/mol. The highest BCUT2D eigenvalue weighted by molar-refractivity contribution is 5.64. The second kappa shape index (κ2) is 3.76. The maximum Gasteiger partial charge on any atom is 0.404 e. The molecule has 70 valence electrons. The molecule has 1 aliphatic carbocycles. The smallest absolute Gasteiger partial charge is 0.404 e. The van der Waals surface area contributed by atoms with Crippen LogP contribution in [0.25, 0.3) is 0 Å². The maximum absolute atomic E-state index is 10.2. The number of nitrogens with two attached hydrogens (primary N) is 1. The van der Waals surface area contributed by atoms with Crippen LogP contribution in [-0.2, 0) is 0 Å². The van der Waals surface area contributed by atoms with Crippen molar-refractivity contribution in [3.63, 3.8) is 0 Å². The minimum Gasteiger partial charge on any atom is -0.465 e. The van der Waals surface area contributed by atoms with E-state index in [4.69, 9.17) is 10.8 Å². The fourth-order valence-corrected chi connectivity index (χ4v) is 1.24. The Hall–Kier alpha value is -0.770. The third-order valence-corrected chi connectivity index (χ3v) is 2.30. The zero-order chi connectivity index (χ0) is 9.14. The summed E-state index contributed by atoms with van der Waals surface area (Å²) in [7, 11) is 0. The van der Waals surface area contributed by atoms with E-state index in [1.54, 1.807) is 6.92 Å². The first-order valence-corrected chi connectivity index (χ1v) is 4.34. The third-order valence-electron chi connectivity index (χ3n) is 2.30. The van der Waals surface area contributed by atoms with Crippen molar-refractivity contribution < 1.29 is 9.90 Å². The molecule has 1 fully saturated rings. The Morgan fingerprint density at radius 1 is 1.75 bits per heavy atom. The van der Waals surface area contributed by atoms with Gasteiger partial charge in [0.2, 0.25) is 0 Å². The summed E-state index contributed by atoms with van der Waals surface area (Å²) in [6.07, 6.45) is 2.47. The lowest BCUT2D eigenvalue weighted by Gasteiger charge is -2.19. The van der Waals surface area contributed by atoms with E-state index < -0.39 is 6.09 Å². The van der Waals surface area contributed by atoms with E-state index in [2.05, 4.69) is 5.32 Å². The van der Waals surface area contributed by atoms with Crippen molar-refractivity contribution in [2.45, 2.75) is 38.3 Å². The molecule has 1 rings (SSSR count). The van der Waals surface area contributed by atoms with Crippen LogP contribution < -0.4 is 11.1 Å². The van der Waals surface area contributed by atoms with E-state index in [1.807, 2.05) is 0 Å². The molecular formula is C8H16N2O2. The van der Waals surface area contributed by atoms with Gasteiger partial charge in [-0.1, -0.05) is 12.8 Å². The summed E-state index contributed by atoms with van der Waals surface area (Å²) in [4.78, 5) is 10.2. The van der Waals surface area contributed by atoms with Gasteiger partial charge in [0.05, 0.1) is 0 Å². The highest BCUT2D eigenvalue weighted by Crippen LogP contribution is 2.33. The number of carboxylic acid groups (broad SMARTS) is 1. The Morgan fingerprint density at radius 2 is 2.33 bits per heavy atom. The lowest BCUT2D eigenvalue weighted by atomic mass is 10.1. The largest absolute Gasteiger partial charge is 0.465 e. The summed E-state index contributed by atoms with van der Waals surface area (Å²) in [6.45, 7) is 1.81. The molecule has 0 saturated heterocycles. The van der Waals surface area contributed by atoms with E-state index in [0.29, 0.717) is 0 Å². The van der Waals surface area contributed by atoms with Crippen LogP contribution in [0.15, 0.2) is 0 Å². The minimum atomic E-state index is -0.992. The van der Waals surface area contributed by atoms with Gasteiger partial charge in [0, 0.05) is 12.1 Å². The zero-order valence-electron chi connectivity index (χ0n) is 7.29. The average Bonchev–Trinajstić information content (AvgIpc) is 2.70. The normalized spacial score (nSPS) is 21.5. The summed E-state index contributed by atoms with van der Waals surface area (Å²) in [5.41, 5.74) is 5.78. The number of nitrogens with one attached hydrogen (secondary N) is 1. The molecule has 0 spiro atoms. The van der Waals surface area contributed by atoms with Crippen LogP contribution in [0.5, 0.6) is 0 Å². The molecule has 0 heterocycles. The first kappa shape index (κ1) is 9.32. The molecule has 1 amide bonds. The monoisotopic (exact) mass is 172 g/mol. The van der Waals surface area contributed by atoms with Crippen LogP contribution >= 0.6 is 0 Å². The van der Waals surface area contributed by atoms with E-state index >= 15 is 0 Å². The van der Waals surface area contributed by atoms with E-state index in [9.17, 15) is 4.79 Å². The molecule has 0 aromatic rings. The number of carbonyl (C=O) groups is 1. The van der Waals surface area contributed by atoms with Gasteiger partial charge in [-0.15, -0.1) is 0 Å². The maximum atomic E-state index is 10.2.